The van der Waals surface area contributed by atoms with E-state index in [4.69, 9.17) is 0 Å². The molecule has 19 heavy (non-hydrogen) atoms. The van der Waals surface area contributed by atoms with Gasteiger partial charge in [-0.2, -0.15) is 0 Å². The second-order valence-electron chi connectivity index (χ2n) is 3.80. The molecule has 100 valence electrons. The van der Waals surface area contributed by atoms with Gasteiger partial charge in [0.2, 0.25) is 15.6 Å². The summed E-state index contributed by atoms with van der Waals surface area (Å²) in [6.45, 7) is -0.159. The van der Waals surface area contributed by atoms with E-state index >= 15 is 0 Å². The standard InChI is InChI=1S/C12H11FN2O3S/c13-11-4-2-1-3-9(11)7-15-19(17,18)10-5-6-12(16)14-8-10/h1-6,8,15H,7H2,(H,14,16). The quantitative estimate of drug-likeness (QED) is 0.877. The van der Waals surface area contributed by atoms with E-state index in [1.165, 1.54) is 24.3 Å². The van der Waals surface area contributed by atoms with E-state index in [0.29, 0.717) is 0 Å². The van der Waals surface area contributed by atoms with E-state index < -0.39 is 21.4 Å². The molecule has 1 heterocycles. The zero-order valence-electron chi connectivity index (χ0n) is 9.76. The molecule has 0 saturated carbocycles. The van der Waals surface area contributed by atoms with Crippen molar-refractivity contribution in [2.45, 2.75) is 11.4 Å². The van der Waals surface area contributed by atoms with Crippen LogP contribution in [0.4, 0.5) is 4.39 Å². The van der Waals surface area contributed by atoms with Crippen molar-refractivity contribution in [2.75, 3.05) is 0 Å². The fourth-order valence-corrected chi connectivity index (χ4v) is 2.43. The van der Waals surface area contributed by atoms with Crippen molar-refractivity contribution in [2.24, 2.45) is 0 Å². The first kappa shape index (κ1) is 13.4. The van der Waals surface area contributed by atoms with E-state index in [9.17, 15) is 17.6 Å². The topological polar surface area (TPSA) is 79.0 Å². The summed E-state index contributed by atoms with van der Waals surface area (Å²) in [7, 11) is -3.78. The van der Waals surface area contributed by atoms with Crippen molar-refractivity contribution in [3.63, 3.8) is 0 Å². The third kappa shape index (κ3) is 3.27. The Labute approximate surface area is 109 Å². The average Bonchev–Trinajstić information content (AvgIpc) is 2.38. The van der Waals surface area contributed by atoms with Crippen LogP contribution < -0.4 is 10.3 Å². The lowest BCUT2D eigenvalue weighted by Gasteiger charge is -2.07. The number of pyridine rings is 1. The van der Waals surface area contributed by atoms with E-state index in [0.717, 1.165) is 12.3 Å². The van der Waals surface area contributed by atoms with Crippen molar-refractivity contribution in [1.29, 1.82) is 0 Å². The molecule has 7 heteroatoms. The maximum Gasteiger partial charge on any atom is 0.247 e. The van der Waals surface area contributed by atoms with Gasteiger partial charge in [-0.15, -0.1) is 0 Å². The first-order chi connectivity index (χ1) is 8.99. The summed E-state index contributed by atoms with van der Waals surface area (Å²) in [5.41, 5.74) is -0.149. The van der Waals surface area contributed by atoms with Gasteiger partial charge in [0.25, 0.3) is 0 Å². The largest absolute Gasteiger partial charge is 0.328 e. The third-order valence-corrected chi connectivity index (χ3v) is 3.88. The second-order valence-corrected chi connectivity index (χ2v) is 5.57. The number of H-pyrrole nitrogens is 1. The van der Waals surface area contributed by atoms with Gasteiger partial charge in [-0.25, -0.2) is 17.5 Å². The molecule has 0 unspecified atom stereocenters. The van der Waals surface area contributed by atoms with E-state index in [-0.39, 0.29) is 17.0 Å². The van der Waals surface area contributed by atoms with E-state index in [1.54, 1.807) is 6.07 Å². The third-order valence-electron chi connectivity index (χ3n) is 2.48. The molecule has 0 atom stereocenters. The number of nitrogens with one attached hydrogen (secondary N) is 2. The Balaban J connectivity index is 2.17. The lowest BCUT2D eigenvalue weighted by Crippen LogP contribution is -2.24. The van der Waals surface area contributed by atoms with Gasteiger partial charge in [0.1, 0.15) is 5.82 Å². The molecule has 0 spiro atoms. The first-order valence-corrected chi connectivity index (χ1v) is 6.89. The number of aromatic amines is 1. The van der Waals surface area contributed by atoms with Gasteiger partial charge < -0.3 is 4.98 Å². The summed E-state index contributed by atoms with van der Waals surface area (Å²) in [4.78, 5) is 13.0. The molecule has 0 radical (unpaired) electrons. The Morgan fingerprint density at radius 3 is 2.53 bits per heavy atom. The molecule has 1 aromatic carbocycles. The monoisotopic (exact) mass is 282 g/mol. The van der Waals surface area contributed by atoms with Crippen LogP contribution in [-0.2, 0) is 16.6 Å². The zero-order chi connectivity index (χ0) is 13.9. The molecule has 0 aliphatic rings. The van der Waals surface area contributed by atoms with Crippen LogP contribution in [0.15, 0.2) is 52.3 Å². The Morgan fingerprint density at radius 1 is 1.16 bits per heavy atom. The minimum absolute atomic E-state index is 0.0801. The van der Waals surface area contributed by atoms with Crippen LogP contribution in [0, 0.1) is 5.82 Å². The smallest absolute Gasteiger partial charge is 0.247 e. The predicted octanol–water partition coefficient (Wildman–Crippen LogP) is 0.992. The van der Waals surface area contributed by atoms with Crippen LogP contribution in [0.1, 0.15) is 5.56 Å². The molecule has 2 aromatic rings. The summed E-state index contributed by atoms with van der Waals surface area (Å²) in [6.07, 6.45) is 1.09. The van der Waals surface area contributed by atoms with Crippen LogP contribution in [0.25, 0.3) is 0 Å². The average molecular weight is 282 g/mol. The highest BCUT2D eigenvalue weighted by Crippen LogP contribution is 2.09. The first-order valence-electron chi connectivity index (χ1n) is 5.41. The molecule has 1 aromatic heterocycles. The maximum absolute atomic E-state index is 13.3. The summed E-state index contributed by atoms with van der Waals surface area (Å²) in [6, 6.07) is 8.18. The number of benzene rings is 1. The summed E-state index contributed by atoms with van der Waals surface area (Å²) < 4.78 is 39.3. The zero-order valence-corrected chi connectivity index (χ0v) is 10.6. The minimum atomic E-state index is -3.78. The summed E-state index contributed by atoms with van der Waals surface area (Å²) >= 11 is 0. The molecule has 2 N–H and O–H groups in total. The Kier molecular flexibility index (Phi) is 3.77. The predicted molar refractivity (Wildman–Crippen MR) is 67.5 cm³/mol. The van der Waals surface area contributed by atoms with Crippen molar-refractivity contribution in [1.82, 2.24) is 9.71 Å². The minimum Gasteiger partial charge on any atom is -0.328 e. The van der Waals surface area contributed by atoms with Crippen molar-refractivity contribution in [3.8, 4) is 0 Å². The van der Waals surface area contributed by atoms with Crippen LogP contribution in [0.3, 0.4) is 0 Å². The van der Waals surface area contributed by atoms with Gasteiger partial charge in [-0.05, 0) is 12.1 Å². The fraction of sp³-hybridized carbons (Fsp3) is 0.0833. The van der Waals surface area contributed by atoms with Crippen molar-refractivity contribution < 1.29 is 12.8 Å². The lowest BCUT2D eigenvalue weighted by atomic mass is 10.2. The molecule has 0 saturated heterocycles. The Bertz CT molecular complexity index is 720. The van der Waals surface area contributed by atoms with Gasteiger partial charge in [0.15, 0.2) is 0 Å². The molecular formula is C12H11FN2O3S. The van der Waals surface area contributed by atoms with Crippen LogP contribution in [0.5, 0.6) is 0 Å². The SMILES string of the molecule is O=c1ccc(S(=O)(=O)NCc2ccccc2F)c[nH]1. The molecule has 5 nitrogen and oxygen atoms in total. The van der Waals surface area contributed by atoms with Crippen LogP contribution >= 0.6 is 0 Å². The Hall–Kier alpha value is -1.99. The summed E-state index contributed by atoms with van der Waals surface area (Å²) in [5, 5.41) is 0. The number of rotatable bonds is 4. The molecule has 0 amide bonds. The molecule has 0 bridgehead atoms. The number of halogens is 1. The highest BCUT2D eigenvalue weighted by Gasteiger charge is 2.14. The van der Waals surface area contributed by atoms with E-state index in [2.05, 4.69) is 9.71 Å². The van der Waals surface area contributed by atoms with E-state index in [1.807, 2.05) is 0 Å². The van der Waals surface area contributed by atoms with Crippen molar-refractivity contribution >= 4 is 10.0 Å². The maximum atomic E-state index is 13.3. The second kappa shape index (κ2) is 5.33. The highest BCUT2D eigenvalue weighted by atomic mass is 32.2. The molecular weight excluding hydrogens is 271 g/mol. The number of hydrogen-bond acceptors (Lipinski definition) is 3. The van der Waals surface area contributed by atoms with Crippen LogP contribution in [0.2, 0.25) is 0 Å². The summed E-state index contributed by atoms with van der Waals surface area (Å²) in [5.74, 6) is -0.480. The normalized spacial score (nSPS) is 11.4. The van der Waals surface area contributed by atoms with Crippen molar-refractivity contribution in [3.05, 3.63) is 64.3 Å². The van der Waals surface area contributed by atoms with Gasteiger partial charge in [0.05, 0.1) is 4.90 Å². The molecule has 0 aliphatic carbocycles. The number of aromatic nitrogens is 1. The molecule has 0 aliphatic heterocycles. The lowest BCUT2D eigenvalue weighted by molar-refractivity contribution is 0.574. The fourth-order valence-electron chi connectivity index (χ4n) is 1.46. The highest BCUT2D eigenvalue weighted by molar-refractivity contribution is 7.89. The molecule has 2 rings (SSSR count). The van der Waals surface area contributed by atoms with Gasteiger partial charge >= 0.3 is 0 Å². The van der Waals surface area contributed by atoms with Gasteiger partial charge in [0, 0.05) is 24.4 Å². The number of hydrogen-bond donors (Lipinski definition) is 2. The Morgan fingerprint density at radius 2 is 1.89 bits per heavy atom. The van der Waals surface area contributed by atoms with Gasteiger partial charge in [-0.3, -0.25) is 4.79 Å². The van der Waals surface area contributed by atoms with Crippen LogP contribution in [-0.4, -0.2) is 13.4 Å². The van der Waals surface area contributed by atoms with Gasteiger partial charge in [-0.1, -0.05) is 18.2 Å². The number of sulfonamides is 1. The molecule has 0 fully saturated rings.